The van der Waals surface area contributed by atoms with Gasteiger partial charge >= 0.3 is 5.97 Å². The molecule has 1 amide bonds. The van der Waals surface area contributed by atoms with Crippen LogP contribution in [0.5, 0.6) is 0 Å². The zero-order chi connectivity index (χ0) is 14.5. The van der Waals surface area contributed by atoms with Gasteiger partial charge in [0.2, 0.25) is 0 Å². The maximum Gasteiger partial charge on any atom is 0.354 e. The Labute approximate surface area is 116 Å². The Morgan fingerprint density at radius 1 is 1.15 bits per heavy atom. The van der Waals surface area contributed by atoms with Crippen molar-refractivity contribution in [2.45, 2.75) is 13.5 Å². The molecule has 1 aromatic heterocycles. The van der Waals surface area contributed by atoms with Gasteiger partial charge in [-0.05, 0) is 24.6 Å². The van der Waals surface area contributed by atoms with E-state index in [2.05, 4.69) is 10.3 Å². The second-order valence-corrected chi connectivity index (χ2v) is 4.41. The van der Waals surface area contributed by atoms with Gasteiger partial charge in [-0.15, -0.1) is 0 Å². The van der Waals surface area contributed by atoms with Crippen molar-refractivity contribution in [3.05, 3.63) is 65.0 Å². The fourth-order valence-corrected chi connectivity index (χ4v) is 1.65. The number of carbonyl (C=O) groups is 2. The molecule has 0 radical (unpaired) electrons. The molecule has 0 unspecified atom stereocenters. The molecule has 0 spiro atoms. The summed E-state index contributed by atoms with van der Waals surface area (Å²) in [4.78, 5) is 26.2. The number of aromatic nitrogens is 1. The molecule has 5 nitrogen and oxygen atoms in total. The highest BCUT2D eigenvalue weighted by Crippen LogP contribution is 2.04. The van der Waals surface area contributed by atoms with E-state index in [9.17, 15) is 9.59 Å². The number of nitrogens with one attached hydrogen (secondary N) is 1. The number of benzene rings is 1. The Hall–Kier alpha value is -2.69. The molecule has 2 N–H and O–H groups in total. The molecule has 0 saturated carbocycles. The highest BCUT2D eigenvalue weighted by molar-refractivity contribution is 5.94. The van der Waals surface area contributed by atoms with E-state index < -0.39 is 5.97 Å². The van der Waals surface area contributed by atoms with Crippen LogP contribution >= 0.6 is 0 Å². The Bertz CT molecular complexity index is 619. The Morgan fingerprint density at radius 3 is 2.40 bits per heavy atom. The van der Waals surface area contributed by atoms with Crippen LogP contribution in [-0.2, 0) is 6.54 Å². The predicted octanol–water partition coefficient (Wildman–Crippen LogP) is 2.02. The molecular weight excluding hydrogens is 256 g/mol. The zero-order valence-corrected chi connectivity index (χ0v) is 11.0. The third kappa shape index (κ3) is 3.41. The van der Waals surface area contributed by atoms with E-state index >= 15 is 0 Å². The molecule has 0 atom stereocenters. The van der Waals surface area contributed by atoms with Crippen molar-refractivity contribution in [3.63, 3.8) is 0 Å². The van der Waals surface area contributed by atoms with Crippen molar-refractivity contribution in [2.75, 3.05) is 0 Å². The van der Waals surface area contributed by atoms with Crippen molar-refractivity contribution in [3.8, 4) is 0 Å². The summed E-state index contributed by atoms with van der Waals surface area (Å²) in [6.45, 7) is 2.41. The van der Waals surface area contributed by atoms with Crippen LogP contribution in [0.3, 0.4) is 0 Å². The number of carboxylic acids is 1. The third-order valence-corrected chi connectivity index (χ3v) is 2.82. The Kier molecular flexibility index (Phi) is 4.10. The molecule has 1 heterocycles. The van der Waals surface area contributed by atoms with Gasteiger partial charge in [0, 0.05) is 12.7 Å². The van der Waals surface area contributed by atoms with Gasteiger partial charge in [-0.1, -0.05) is 29.8 Å². The van der Waals surface area contributed by atoms with Crippen molar-refractivity contribution in [1.82, 2.24) is 10.3 Å². The summed E-state index contributed by atoms with van der Waals surface area (Å²) in [7, 11) is 0. The lowest BCUT2D eigenvalue weighted by atomic mass is 10.1. The van der Waals surface area contributed by atoms with Crippen LogP contribution in [0.1, 0.15) is 32.0 Å². The van der Waals surface area contributed by atoms with Crippen LogP contribution in [0.4, 0.5) is 0 Å². The van der Waals surface area contributed by atoms with Gasteiger partial charge < -0.3 is 10.4 Å². The van der Waals surface area contributed by atoms with E-state index in [4.69, 9.17) is 5.11 Å². The lowest BCUT2D eigenvalue weighted by Gasteiger charge is -2.05. The van der Waals surface area contributed by atoms with Crippen LogP contribution in [0.15, 0.2) is 42.6 Å². The van der Waals surface area contributed by atoms with Crippen molar-refractivity contribution in [1.29, 1.82) is 0 Å². The minimum atomic E-state index is -1.11. The highest BCUT2D eigenvalue weighted by Gasteiger charge is 2.08. The summed E-state index contributed by atoms with van der Waals surface area (Å²) >= 11 is 0. The first-order valence-electron chi connectivity index (χ1n) is 6.09. The molecule has 2 aromatic rings. The molecule has 2 rings (SSSR count). The predicted molar refractivity (Wildman–Crippen MR) is 73.5 cm³/mol. The first kappa shape index (κ1) is 13.7. The summed E-state index contributed by atoms with van der Waals surface area (Å²) < 4.78 is 0. The van der Waals surface area contributed by atoms with Crippen molar-refractivity contribution >= 4 is 11.9 Å². The molecule has 20 heavy (non-hydrogen) atoms. The number of amides is 1. The molecule has 0 aliphatic rings. The number of aromatic carboxylic acids is 1. The van der Waals surface area contributed by atoms with E-state index in [1.807, 2.05) is 31.2 Å². The van der Waals surface area contributed by atoms with Gasteiger partial charge in [0.25, 0.3) is 5.91 Å². The van der Waals surface area contributed by atoms with Crippen LogP contribution in [0.2, 0.25) is 0 Å². The molecule has 1 aromatic carbocycles. The number of carboxylic acid groups (broad SMARTS) is 1. The van der Waals surface area contributed by atoms with Crippen LogP contribution in [0.25, 0.3) is 0 Å². The minimum absolute atomic E-state index is 0.0833. The maximum absolute atomic E-state index is 11.9. The molecule has 102 valence electrons. The molecule has 0 saturated heterocycles. The summed E-state index contributed by atoms with van der Waals surface area (Å²) in [6.07, 6.45) is 1.26. The maximum atomic E-state index is 11.9. The van der Waals surface area contributed by atoms with Crippen LogP contribution in [-0.4, -0.2) is 22.0 Å². The largest absolute Gasteiger partial charge is 0.477 e. The quantitative estimate of drug-likeness (QED) is 0.890. The lowest BCUT2D eigenvalue weighted by Crippen LogP contribution is -2.23. The number of pyridine rings is 1. The lowest BCUT2D eigenvalue weighted by molar-refractivity contribution is 0.0689. The first-order valence-corrected chi connectivity index (χ1v) is 6.09. The smallest absolute Gasteiger partial charge is 0.354 e. The molecular formula is C15H14N2O3. The number of hydrogen-bond acceptors (Lipinski definition) is 3. The van der Waals surface area contributed by atoms with Crippen LogP contribution < -0.4 is 5.32 Å². The molecule has 5 heteroatoms. The van der Waals surface area contributed by atoms with Gasteiger partial charge in [-0.2, -0.15) is 0 Å². The van der Waals surface area contributed by atoms with Gasteiger partial charge in [-0.3, -0.25) is 4.79 Å². The number of hydrogen-bond donors (Lipinski definition) is 2. The fraction of sp³-hybridized carbons (Fsp3) is 0.133. The summed E-state index contributed by atoms with van der Waals surface area (Å²) in [5.41, 5.74) is 2.41. The second-order valence-electron chi connectivity index (χ2n) is 4.41. The third-order valence-electron chi connectivity index (χ3n) is 2.82. The molecule has 0 aliphatic heterocycles. The summed E-state index contributed by atoms with van der Waals surface area (Å²) in [5.74, 6) is -1.40. The number of nitrogens with zero attached hydrogens (tertiary/aromatic N) is 1. The summed E-state index contributed by atoms with van der Waals surface area (Å²) in [5, 5.41) is 11.5. The monoisotopic (exact) mass is 270 g/mol. The van der Waals surface area contributed by atoms with Crippen molar-refractivity contribution < 1.29 is 14.7 Å². The van der Waals surface area contributed by atoms with E-state index in [-0.39, 0.29) is 11.6 Å². The topological polar surface area (TPSA) is 79.3 Å². The van der Waals surface area contributed by atoms with E-state index in [0.29, 0.717) is 12.1 Å². The number of aryl methyl sites for hydroxylation is 1. The van der Waals surface area contributed by atoms with Gasteiger partial charge in [0.1, 0.15) is 5.69 Å². The van der Waals surface area contributed by atoms with Crippen LogP contribution in [0, 0.1) is 6.92 Å². The Balaban J connectivity index is 1.97. The molecule has 0 aliphatic carbocycles. The SMILES string of the molecule is Cc1ccc(CNC(=O)c2ccc(C(=O)O)nc2)cc1. The standard InChI is InChI=1S/C15H14N2O3/c1-10-2-4-11(5-3-10)8-17-14(18)12-6-7-13(15(19)20)16-9-12/h2-7,9H,8H2,1H3,(H,17,18)(H,19,20). The minimum Gasteiger partial charge on any atom is -0.477 e. The normalized spacial score (nSPS) is 10.1. The fourth-order valence-electron chi connectivity index (χ4n) is 1.65. The average molecular weight is 270 g/mol. The molecule has 0 bridgehead atoms. The van der Waals surface area contributed by atoms with Gasteiger partial charge in [-0.25, -0.2) is 9.78 Å². The number of rotatable bonds is 4. The van der Waals surface area contributed by atoms with Crippen molar-refractivity contribution in [2.24, 2.45) is 0 Å². The van der Waals surface area contributed by atoms with Gasteiger partial charge in [0.05, 0.1) is 5.56 Å². The zero-order valence-electron chi connectivity index (χ0n) is 11.0. The summed E-state index contributed by atoms with van der Waals surface area (Å²) in [6, 6.07) is 10.6. The Morgan fingerprint density at radius 2 is 1.85 bits per heavy atom. The highest BCUT2D eigenvalue weighted by atomic mass is 16.4. The van der Waals surface area contributed by atoms with E-state index in [1.54, 1.807) is 0 Å². The van der Waals surface area contributed by atoms with E-state index in [1.165, 1.54) is 18.3 Å². The second kappa shape index (κ2) is 5.97. The molecule has 0 fully saturated rings. The average Bonchev–Trinajstić information content (AvgIpc) is 2.46. The van der Waals surface area contributed by atoms with E-state index in [0.717, 1.165) is 11.1 Å². The van der Waals surface area contributed by atoms with Gasteiger partial charge in [0.15, 0.2) is 0 Å². The first-order chi connectivity index (χ1) is 9.56. The number of carbonyl (C=O) groups excluding carboxylic acids is 1.